The Morgan fingerprint density at radius 1 is 0.960 bits per heavy atom. The summed E-state index contributed by atoms with van der Waals surface area (Å²) in [5.41, 5.74) is 0.869. The molecule has 134 valence electrons. The molecule has 0 heterocycles. The largest absolute Gasteiger partial charge is 0.497 e. The Morgan fingerprint density at radius 2 is 1.60 bits per heavy atom. The zero-order chi connectivity index (χ0) is 18.4. The predicted molar refractivity (Wildman–Crippen MR) is 94.9 cm³/mol. The highest BCUT2D eigenvalue weighted by Gasteiger charge is 2.20. The molecule has 2 aromatic rings. The highest BCUT2D eigenvalue weighted by molar-refractivity contribution is 7.92. The van der Waals surface area contributed by atoms with E-state index in [-0.39, 0.29) is 16.7 Å². The molecule has 0 radical (unpaired) electrons. The van der Waals surface area contributed by atoms with Crippen LogP contribution in [0.1, 0.15) is 0 Å². The molecule has 0 aliphatic carbocycles. The first kappa shape index (κ1) is 18.4. The molecule has 0 fully saturated rings. The van der Waals surface area contributed by atoms with Crippen LogP contribution >= 0.6 is 0 Å². The Labute approximate surface area is 146 Å². The van der Waals surface area contributed by atoms with Crippen LogP contribution in [0.25, 0.3) is 0 Å². The van der Waals surface area contributed by atoms with Gasteiger partial charge in [0.05, 0.1) is 14.2 Å². The summed E-state index contributed by atoms with van der Waals surface area (Å²) < 4.78 is 37.9. The highest BCUT2D eigenvalue weighted by atomic mass is 32.2. The molecule has 8 nitrogen and oxygen atoms in total. The van der Waals surface area contributed by atoms with Crippen molar-refractivity contribution in [3.63, 3.8) is 0 Å². The average Bonchev–Trinajstić information content (AvgIpc) is 2.62. The first-order chi connectivity index (χ1) is 11.9. The summed E-state index contributed by atoms with van der Waals surface area (Å²) in [4.78, 5) is 11.2. The van der Waals surface area contributed by atoms with E-state index in [2.05, 4.69) is 15.4 Å². The smallest absolute Gasteiger partial charge is 0.318 e. The molecule has 0 aliphatic heterocycles. The van der Waals surface area contributed by atoms with E-state index in [0.29, 0.717) is 17.1 Å². The van der Waals surface area contributed by atoms with Crippen molar-refractivity contribution in [1.29, 1.82) is 0 Å². The fourth-order valence-electron chi connectivity index (χ4n) is 2.02. The van der Waals surface area contributed by atoms with E-state index in [1.165, 1.54) is 45.5 Å². The minimum atomic E-state index is -3.88. The third-order valence-electron chi connectivity index (χ3n) is 3.28. The van der Waals surface area contributed by atoms with E-state index in [9.17, 15) is 13.2 Å². The third kappa shape index (κ3) is 4.54. The summed E-state index contributed by atoms with van der Waals surface area (Å²) in [6, 6.07) is 10.4. The highest BCUT2D eigenvalue weighted by Crippen LogP contribution is 2.29. The van der Waals surface area contributed by atoms with Crippen molar-refractivity contribution >= 4 is 27.4 Å². The van der Waals surface area contributed by atoms with Crippen LogP contribution in [0.2, 0.25) is 0 Å². The van der Waals surface area contributed by atoms with Gasteiger partial charge in [-0.05, 0) is 36.4 Å². The summed E-state index contributed by atoms with van der Waals surface area (Å²) in [6.45, 7) is 0. The number of rotatable bonds is 6. The van der Waals surface area contributed by atoms with Crippen molar-refractivity contribution in [3.05, 3.63) is 42.5 Å². The lowest BCUT2D eigenvalue weighted by molar-refractivity contribution is 0.254. The lowest BCUT2D eigenvalue weighted by Crippen LogP contribution is -2.24. The summed E-state index contributed by atoms with van der Waals surface area (Å²) >= 11 is 0. The van der Waals surface area contributed by atoms with Crippen LogP contribution in [0, 0.1) is 0 Å². The molecule has 25 heavy (non-hydrogen) atoms. The first-order valence-corrected chi connectivity index (χ1v) is 8.71. The fraction of sp³-hybridized carbons (Fsp3) is 0.188. The van der Waals surface area contributed by atoms with Gasteiger partial charge < -0.3 is 20.1 Å². The molecule has 0 saturated heterocycles. The number of benzene rings is 2. The van der Waals surface area contributed by atoms with Gasteiger partial charge in [-0.1, -0.05) is 0 Å². The average molecular weight is 365 g/mol. The van der Waals surface area contributed by atoms with E-state index >= 15 is 0 Å². The van der Waals surface area contributed by atoms with Crippen molar-refractivity contribution in [2.24, 2.45) is 0 Å². The van der Waals surface area contributed by atoms with Gasteiger partial charge in [-0.2, -0.15) is 0 Å². The van der Waals surface area contributed by atoms with Crippen LogP contribution in [0.15, 0.2) is 47.4 Å². The normalized spacial score (nSPS) is 10.7. The van der Waals surface area contributed by atoms with Crippen LogP contribution in [0.5, 0.6) is 11.5 Å². The van der Waals surface area contributed by atoms with Crippen LogP contribution in [0.4, 0.5) is 16.2 Å². The molecule has 3 N–H and O–H groups in total. The minimum Gasteiger partial charge on any atom is -0.497 e. The van der Waals surface area contributed by atoms with E-state index in [1.807, 2.05) is 0 Å². The molecule has 0 atom stereocenters. The number of nitrogens with one attached hydrogen (secondary N) is 3. The number of ether oxygens (including phenoxy) is 2. The van der Waals surface area contributed by atoms with Crippen molar-refractivity contribution in [2.75, 3.05) is 31.3 Å². The first-order valence-electron chi connectivity index (χ1n) is 7.23. The number of anilines is 2. The van der Waals surface area contributed by atoms with E-state index in [1.54, 1.807) is 18.2 Å². The van der Waals surface area contributed by atoms with Gasteiger partial charge in [0.25, 0.3) is 10.0 Å². The molecule has 9 heteroatoms. The topological polar surface area (TPSA) is 106 Å². The van der Waals surface area contributed by atoms with Gasteiger partial charge in [0.1, 0.15) is 16.4 Å². The van der Waals surface area contributed by atoms with Crippen LogP contribution < -0.4 is 24.8 Å². The van der Waals surface area contributed by atoms with Gasteiger partial charge in [0.15, 0.2) is 0 Å². The third-order valence-corrected chi connectivity index (χ3v) is 4.68. The molecule has 0 aromatic heterocycles. The van der Waals surface area contributed by atoms with Crippen molar-refractivity contribution in [1.82, 2.24) is 5.32 Å². The molecule has 2 rings (SSSR count). The molecule has 0 aliphatic rings. The molecule has 0 unspecified atom stereocenters. The van der Waals surface area contributed by atoms with Gasteiger partial charge in [-0.25, -0.2) is 13.2 Å². The van der Waals surface area contributed by atoms with E-state index < -0.39 is 10.0 Å². The molecular weight excluding hydrogens is 346 g/mol. The summed E-state index contributed by atoms with van der Waals surface area (Å²) in [7, 11) is 0.453. The van der Waals surface area contributed by atoms with Crippen molar-refractivity contribution in [3.8, 4) is 11.5 Å². The maximum atomic E-state index is 12.6. The fourth-order valence-corrected chi connectivity index (χ4v) is 3.26. The second-order valence-corrected chi connectivity index (χ2v) is 6.55. The van der Waals surface area contributed by atoms with Crippen molar-refractivity contribution < 1.29 is 22.7 Å². The Bertz CT molecular complexity index is 851. The maximum absolute atomic E-state index is 12.6. The van der Waals surface area contributed by atoms with Gasteiger partial charge >= 0.3 is 6.03 Å². The van der Waals surface area contributed by atoms with Crippen LogP contribution in [-0.4, -0.2) is 35.7 Å². The lowest BCUT2D eigenvalue weighted by atomic mass is 10.3. The second-order valence-electron chi connectivity index (χ2n) is 4.90. The van der Waals surface area contributed by atoms with Gasteiger partial charge in [0, 0.05) is 24.5 Å². The molecule has 2 aromatic carbocycles. The number of hydrogen-bond donors (Lipinski definition) is 3. The second kappa shape index (κ2) is 7.75. The van der Waals surface area contributed by atoms with E-state index in [4.69, 9.17) is 9.47 Å². The number of sulfonamides is 1. The predicted octanol–water partition coefficient (Wildman–Crippen LogP) is 2.26. The molecule has 0 saturated carbocycles. The number of urea groups is 1. The molecular formula is C16H19N3O5S. The van der Waals surface area contributed by atoms with Gasteiger partial charge in [-0.15, -0.1) is 0 Å². The lowest BCUT2D eigenvalue weighted by Gasteiger charge is -2.13. The van der Waals surface area contributed by atoms with Gasteiger partial charge in [0.2, 0.25) is 0 Å². The SMILES string of the molecule is CNC(=O)Nc1ccc(NS(=O)(=O)c2cc(OC)ccc2OC)cc1. The molecule has 0 spiro atoms. The summed E-state index contributed by atoms with van der Waals surface area (Å²) in [5, 5.41) is 5.01. The van der Waals surface area contributed by atoms with Crippen LogP contribution in [0.3, 0.4) is 0 Å². The Morgan fingerprint density at radius 3 is 2.16 bits per heavy atom. The maximum Gasteiger partial charge on any atom is 0.318 e. The van der Waals surface area contributed by atoms with E-state index in [0.717, 1.165) is 0 Å². The zero-order valence-corrected chi connectivity index (χ0v) is 14.8. The molecule has 2 amide bonds. The molecule has 0 bridgehead atoms. The Hall–Kier alpha value is -2.94. The number of methoxy groups -OCH3 is 2. The van der Waals surface area contributed by atoms with Gasteiger partial charge in [-0.3, -0.25) is 4.72 Å². The minimum absolute atomic E-state index is 0.0399. The number of amides is 2. The quantitative estimate of drug-likeness (QED) is 0.728. The summed E-state index contributed by atoms with van der Waals surface area (Å²) in [5.74, 6) is 0.595. The number of carbonyl (C=O) groups is 1. The monoisotopic (exact) mass is 365 g/mol. The Balaban J connectivity index is 2.25. The number of hydrogen-bond acceptors (Lipinski definition) is 5. The number of carbonyl (C=O) groups excluding carboxylic acids is 1. The van der Waals surface area contributed by atoms with Crippen LogP contribution in [-0.2, 0) is 10.0 Å². The Kier molecular flexibility index (Phi) is 5.71. The standard InChI is InChI=1S/C16H19N3O5S/c1-17-16(20)18-11-4-6-12(7-5-11)19-25(21,22)15-10-13(23-2)8-9-14(15)24-3/h4-10,19H,1-3H3,(H2,17,18,20). The summed E-state index contributed by atoms with van der Waals surface area (Å²) in [6.07, 6.45) is 0. The van der Waals surface area contributed by atoms with Crippen molar-refractivity contribution in [2.45, 2.75) is 4.90 Å². The zero-order valence-electron chi connectivity index (χ0n) is 14.0.